The molecule has 0 radical (unpaired) electrons. The van der Waals surface area contributed by atoms with Crippen LogP contribution in [-0.2, 0) is 13.1 Å². The number of carbonyl (C=O) groups excluding carboxylic acids is 1. The molecule has 0 aliphatic rings. The van der Waals surface area contributed by atoms with E-state index in [1.165, 1.54) is 6.20 Å². The molecule has 0 aliphatic carbocycles. The first-order chi connectivity index (χ1) is 12.2. The van der Waals surface area contributed by atoms with E-state index >= 15 is 0 Å². The number of aromatic nitrogens is 3. The van der Waals surface area contributed by atoms with E-state index in [0.717, 1.165) is 39.6 Å². The molecule has 0 atom stereocenters. The number of hydrogen-bond donors (Lipinski definition) is 1. The molecule has 0 fully saturated rings. The lowest BCUT2D eigenvalue weighted by Crippen LogP contribution is -2.18. The SMILES string of the molecule is CCn1c(C)c(C)c2cc(C(=O)Nc3cnn(CC(F)(F)F)c3)ccc21. The lowest BCUT2D eigenvalue weighted by molar-refractivity contribution is -0.142. The van der Waals surface area contributed by atoms with Crippen LogP contribution < -0.4 is 5.32 Å². The summed E-state index contributed by atoms with van der Waals surface area (Å²) in [4.78, 5) is 12.4. The molecule has 0 aliphatic heterocycles. The largest absolute Gasteiger partial charge is 0.408 e. The van der Waals surface area contributed by atoms with Gasteiger partial charge in [-0.15, -0.1) is 0 Å². The lowest BCUT2D eigenvalue weighted by atomic mass is 10.1. The Balaban J connectivity index is 1.83. The molecule has 3 aromatic rings. The molecule has 3 rings (SSSR count). The first-order valence-corrected chi connectivity index (χ1v) is 8.19. The number of aryl methyl sites for hydroxylation is 2. The molecule has 0 unspecified atom stereocenters. The van der Waals surface area contributed by atoms with Crippen molar-refractivity contribution in [1.29, 1.82) is 0 Å². The number of nitrogens with zero attached hydrogens (tertiary/aromatic N) is 3. The Morgan fingerprint density at radius 1 is 1.27 bits per heavy atom. The molecule has 138 valence electrons. The fourth-order valence-corrected chi connectivity index (χ4v) is 3.10. The minimum atomic E-state index is -4.36. The van der Waals surface area contributed by atoms with E-state index in [9.17, 15) is 18.0 Å². The highest BCUT2D eigenvalue weighted by Crippen LogP contribution is 2.26. The van der Waals surface area contributed by atoms with Crippen LogP contribution in [0.25, 0.3) is 10.9 Å². The van der Waals surface area contributed by atoms with Crippen LogP contribution in [0.3, 0.4) is 0 Å². The molecule has 0 bridgehead atoms. The molecule has 1 amide bonds. The average Bonchev–Trinajstić information content (AvgIpc) is 3.08. The Morgan fingerprint density at radius 2 is 2.00 bits per heavy atom. The molecule has 0 saturated carbocycles. The highest BCUT2D eigenvalue weighted by Gasteiger charge is 2.28. The zero-order chi connectivity index (χ0) is 19.1. The fraction of sp³-hybridized carbons (Fsp3) is 0.333. The average molecular weight is 364 g/mol. The van der Waals surface area contributed by atoms with Crippen LogP contribution in [-0.4, -0.2) is 26.4 Å². The number of anilines is 1. The molecule has 1 N–H and O–H groups in total. The van der Waals surface area contributed by atoms with Crippen molar-refractivity contribution >= 4 is 22.5 Å². The van der Waals surface area contributed by atoms with Gasteiger partial charge in [-0.3, -0.25) is 9.48 Å². The van der Waals surface area contributed by atoms with Crippen molar-refractivity contribution in [2.45, 2.75) is 40.0 Å². The second-order valence-electron chi connectivity index (χ2n) is 6.18. The number of halogens is 3. The minimum absolute atomic E-state index is 0.221. The Labute approximate surface area is 148 Å². The van der Waals surface area contributed by atoms with E-state index in [1.54, 1.807) is 12.1 Å². The zero-order valence-corrected chi connectivity index (χ0v) is 14.7. The molecule has 0 spiro atoms. The quantitative estimate of drug-likeness (QED) is 0.751. The molecule has 1 aromatic carbocycles. The van der Waals surface area contributed by atoms with E-state index in [1.807, 2.05) is 19.9 Å². The standard InChI is InChI=1S/C18H19F3N4O/c1-4-25-12(3)11(2)15-7-13(5-6-16(15)25)17(26)23-14-8-22-24(9-14)10-18(19,20)21/h5-9H,4,10H2,1-3H3,(H,23,26). The third-order valence-electron chi connectivity index (χ3n) is 4.45. The molecular formula is C18H19F3N4O. The van der Waals surface area contributed by atoms with Crippen LogP contribution in [0.4, 0.5) is 18.9 Å². The monoisotopic (exact) mass is 364 g/mol. The first-order valence-electron chi connectivity index (χ1n) is 8.19. The lowest BCUT2D eigenvalue weighted by Gasteiger charge is -2.06. The van der Waals surface area contributed by atoms with Crippen LogP contribution in [0, 0.1) is 13.8 Å². The van der Waals surface area contributed by atoms with Crippen molar-refractivity contribution in [1.82, 2.24) is 14.3 Å². The highest BCUT2D eigenvalue weighted by molar-refractivity contribution is 6.06. The highest BCUT2D eigenvalue weighted by atomic mass is 19.4. The Bertz CT molecular complexity index is 969. The third-order valence-corrected chi connectivity index (χ3v) is 4.45. The number of rotatable bonds is 4. The number of alkyl halides is 3. The number of hydrogen-bond acceptors (Lipinski definition) is 2. The summed E-state index contributed by atoms with van der Waals surface area (Å²) < 4.78 is 40.1. The number of amides is 1. The molecule has 0 saturated heterocycles. The van der Waals surface area contributed by atoms with Crippen molar-refractivity contribution in [2.75, 3.05) is 5.32 Å². The summed E-state index contributed by atoms with van der Waals surface area (Å²) >= 11 is 0. The first kappa shape index (κ1) is 18.0. The van der Waals surface area contributed by atoms with Gasteiger partial charge in [-0.2, -0.15) is 18.3 Å². The van der Waals surface area contributed by atoms with Gasteiger partial charge in [0.15, 0.2) is 0 Å². The summed E-state index contributed by atoms with van der Waals surface area (Å²) in [6.45, 7) is 5.74. The Kier molecular flexibility index (Phi) is 4.52. The van der Waals surface area contributed by atoms with Gasteiger partial charge in [0, 0.05) is 34.9 Å². The fourth-order valence-electron chi connectivity index (χ4n) is 3.10. The Morgan fingerprint density at radius 3 is 2.65 bits per heavy atom. The maximum absolute atomic E-state index is 12.4. The van der Waals surface area contributed by atoms with Crippen molar-refractivity contribution in [3.8, 4) is 0 Å². The van der Waals surface area contributed by atoms with Gasteiger partial charge in [-0.1, -0.05) is 0 Å². The third kappa shape index (κ3) is 3.44. The van der Waals surface area contributed by atoms with Crippen LogP contribution >= 0.6 is 0 Å². The van der Waals surface area contributed by atoms with Crippen molar-refractivity contribution in [3.05, 3.63) is 47.4 Å². The molecule has 5 nitrogen and oxygen atoms in total. The number of benzene rings is 1. The summed E-state index contributed by atoms with van der Waals surface area (Å²) in [7, 11) is 0. The second kappa shape index (κ2) is 6.51. The van der Waals surface area contributed by atoms with Gasteiger partial charge in [0.05, 0.1) is 11.9 Å². The van der Waals surface area contributed by atoms with Crippen LogP contribution in [0.2, 0.25) is 0 Å². The predicted octanol–water partition coefficient (Wildman–Crippen LogP) is 4.29. The molecule has 8 heteroatoms. The van der Waals surface area contributed by atoms with Crippen LogP contribution in [0.1, 0.15) is 28.5 Å². The van der Waals surface area contributed by atoms with Gasteiger partial charge in [0.2, 0.25) is 0 Å². The van der Waals surface area contributed by atoms with Gasteiger partial charge in [-0.05, 0) is 44.5 Å². The van der Waals surface area contributed by atoms with Crippen molar-refractivity contribution in [3.63, 3.8) is 0 Å². The normalized spacial score (nSPS) is 11.9. The van der Waals surface area contributed by atoms with Crippen LogP contribution in [0.15, 0.2) is 30.6 Å². The smallest absolute Gasteiger partial charge is 0.345 e. The van der Waals surface area contributed by atoms with E-state index in [-0.39, 0.29) is 11.6 Å². The van der Waals surface area contributed by atoms with Gasteiger partial charge in [0.25, 0.3) is 5.91 Å². The van der Waals surface area contributed by atoms with Gasteiger partial charge in [-0.25, -0.2) is 0 Å². The van der Waals surface area contributed by atoms with E-state index < -0.39 is 12.7 Å². The van der Waals surface area contributed by atoms with Gasteiger partial charge >= 0.3 is 6.18 Å². The van der Waals surface area contributed by atoms with Gasteiger partial charge in [0.1, 0.15) is 6.54 Å². The second-order valence-corrected chi connectivity index (χ2v) is 6.18. The van der Waals surface area contributed by atoms with E-state index in [0.29, 0.717) is 5.56 Å². The maximum atomic E-state index is 12.4. The predicted molar refractivity (Wildman–Crippen MR) is 93.3 cm³/mol. The number of fused-ring (bicyclic) bond motifs is 1. The minimum Gasteiger partial charge on any atom is -0.345 e. The summed E-state index contributed by atoms with van der Waals surface area (Å²) in [5.74, 6) is -0.389. The van der Waals surface area contributed by atoms with Crippen LogP contribution in [0.5, 0.6) is 0 Å². The molecular weight excluding hydrogens is 345 g/mol. The molecule has 2 aromatic heterocycles. The number of nitrogens with one attached hydrogen (secondary N) is 1. The van der Waals surface area contributed by atoms with Gasteiger partial charge < -0.3 is 9.88 Å². The zero-order valence-electron chi connectivity index (χ0n) is 14.7. The molecule has 26 heavy (non-hydrogen) atoms. The molecule has 2 heterocycles. The van der Waals surface area contributed by atoms with E-state index in [4.69, 9.17) is 0 Å². The van der Waals surface area contributed by atoms with E-state index in [2.05, 4.69) is 21.9 Å². The number of carbonyl (C=O) groups is 1. The summed E-state index contributed by atoms with van der Waals surface area (Å²) in [5, 5.41) is 7.19. The van der Waals surface area contributed by atoms with Crippen molar-refractivity contribution in [2.24, 2.45) is 0 Å². The summed E-state index contributed by atoms with van der Waals surface area (Å²) in [5.41, 5.74) is 3.97. The summed E-state index contributed by atoms with van der Waals surface area (Å²) in [6, 6.07) is 5.41. The maximum Gasteiger partial charge on any atom is 0.408 e. The summed E-state index contributed by atoms with van der Waals surface area (Å²) in [6.07, 6.45) is -2.00. The Hall–Kier alpha value is -2.77. The topological polar surface area (TPSA) is 51.9 Å². The van der Waals surface area contributed by atoms with Crippen molar-refractivity contribution < 1.29 is 18.0 Å².